The van der Waals surface area contributed by atoms with Gasteiger partial charge >= 0.3 is 0 Å². The molecule has 6 rings (SSSR count). The van der Waals surface area contributed by atoms with Crippen molar-refractivity contribution in [2.45, 2.75) is 6.42 Å². The first-order valence-electron chi connectivity index (χ1n) is 14.8. The van der Waals surface area contributed by atoms with Gasteiger partial charge in [-0.3, -0.25) is 14.5 Å². The summed E-state index contributed by atoms with van der Waals surface area (Å²) in [6, 6.07) is 23.8. The Kier molecular flexibility index (Phi) is 8.91. The van der Waals surface area contributed by atoms with Crippen molar-refractivity contribution in [3.63, 3.8) is 0 Å². The van der Waals surface area contributed by atoms with Crippen molar-refractivity contribution in [2.75, 3.05) is 74.6 Å². The molecular weight excluding hydrogens is 556 g/mol. The molecule has 2 N–H and O–H groups in total. The molecule has 11 nitrogen and oxygen atoms in total. The number of amides is 2. The number of hydrogen-bond donors (Lipinski definition) is 2. The van der Waals surface area contributed by atoms with Crippen LogP contribution in [0.5, 0.6) is 0 Å². The molecule has 0 radical (unpaired) electrons. The van der Waals surface area contributed by atoms with Gasteiger partial charge in [0.25, 0.3) is 0 Å². The van der Waals surface area contributed by atoms with Gasteiger partial charge in [-0.05, 0) is 42.0 Å². The first kappa shape index (κ1) is 29.0. The molecule has 0 spiro atoms. The summed E-state index contributed by atoms with van der Waals surface area (Å²) in [5.41, 5.74) is 5.49. The Morgan fingerprint density at radius 3 is 2.34 bits per heavy atom. The molecular formula is C33H34N8O3. The van der Waals surface area contributed by atoms with Gasteiger partial charge in [0.15, 0.2) is 0 Å². The predicted molar refractivity (Wildman–Crippen MR) is 170 cm³/mol. The number of piperazine rings is 1. The fourth-order valence-corrected chi connectivity index (χ4v) is 5.52. The number of para-hydroxylation sites is 1. The molecule has 0 saturated carbocycles. The van der Waals surface area contributed by atoms with E-state index in [9.17, 15) is 9.59 Å². The highest BCUT2D eigenvalue weighted by molar-refractivity contribution is 5.95. The van der Waals surface area contributed by atoms with Gasteiger partial charge in [0.05, 0.1) is 31.3 Å². The molecule has 0 bridgehead atoms. The minimum atomic E-state index is -0.106. The van der Waals surface area contributed by atoms with Crippen LogP contribution in [-0.4, -0.2) is 90.6 Å². The molecule has 2 aliphatic rings. The van der Waals surface area contributed by atoms with Gasteiger partial charge in [-0.25, -0.2) is 9.97 Å². The van der Waals surface area contributed by atoms with Gasteiger partial charge in [-0.1, -0.05) is 30.3 Å². The van der Waals surface area contributed by atoms with Crippen LogP contribution in [0.1, 0.15) is 6.42 Å². The van der Waals surface area contributed by atoms with E-state index in [4.69, 9.17) is 15.0 Å². The lowest BCUT2D eigenvalue weighted by atomic mass is 10.0. The molecule has 224 valence electrons. The zero-order valence-corrected chi connectivity index (χ0v) is 24.4. The van der Waals surface area contributed by atoms with Gasteiger partial charge in [0, 0.05) is 73.5 Å². The van der Waals surface area contributed by atoms with E-state index in [1.165, 1.54) is 0 Å². The molecule has 2 saturated heterocycles. The molecule has 0 atom stereocenters. The Labute approximate surface area is 256 Å². The number of benzene rings is 3. The maximum Gasteiger partial charge on any atom is 0.238 e. The molecule has 11 heteroatoms. The fraction of sp³-hybridized carbons (Fsp3) is 0.303. The minimum absolute atomic E-state index is 0.0348. The zero-order valence-electron chi connectivity index (χ0n) is 24.4. The van der Waals surface area contributed by atoms with Gasteiger partial charge in [-0.15, -0.1) is 0 Å². The van der Waals surface area contributed by atoms with Crippen molar-refractivity contribution in [2.24, 2.45) is 0 Å². The van der Waals surface area contributed by atoms with Crippen molar-refractivity contribution in [3.8, 4) is 17.2 Å². The summed E-state index contributed by atoms with van der Waals surface area (Å²) in [5.74, 6) is 0.354. The van der Waals surface area contributed by atoms with Crippen LogP contribution in [0.25, 0.3) is 22.0 Å². The van der Waals surface area contributed by atoms with Crippen LogP contribution in [0, 0.1) is 11.3 Å². The number of hydrogen-bond acceptors (Lipinski definition) is 9. The molecule has 3 aromatic carbocycles. The normalized spacial score (nSPS) is 15.5. The average Bonchev–Trinajstić information content (AvgIpc) is 3.06. The number of nitrogens with one attached hydrogen (secondary N) is 2. The van der Waals surface area contributed by atoms with Gasteiger partial charge in [-0.2, -0.15) is 5.26 Å². The molecule has 4 aromatic rings. The molecule has 2 fully saturated rings. The number of rotatable bonds is 8. The van der Waals surface area contributed by atoms with E-state index in [1.54, 1.807) is 4.90 Å². The Balaban J connectivity index is 1.10. The summed E-state index contributed by atoms with van der Waals surface area (Å²) < 4.78 is 5.36. The summed E-state index contributed by atoms with van der Waals surface area (Å²) in [4.78, 5) is 40.0. The highest BCUT2D eigenvalue weighted by atomic mass is 16.5. The molecule has 2 aliphatic heterocycles. The lowest BCUT2D eigenvalue weighted by molar-refractivity contribution is -0.130. The van der Waals surface area contributed by atoms with Crippen LogP contribution in [0.15, 0.2) is 72.9 Å². The monoisotopic (exact) mass is 590 g/mol. The second kappa shape index (κ2) is 13.5. The predicted octanol–water partition coefficient (Wildman–Crippen LogP) is 3.87. The number of ether oxygens (including phenoxy) is 1. The lowest BCUT2D eigenvalue weighted by Gasteiger charge is -2.35. The zero-order chi connectivity index (χ0) is 30.3. The van der Waals surface area contributed by atoms with E-state index in [1.807, 2.05) is 79.0 Å². The first-order valence-corrected chi connectivity index (χ1v) is 14.8. The highest BCUT2D eigenvalue weighted by Crippen LogP contribution is 2.29. The van der Waals surface area contributed by atoms with Crippen LogP contribution in [0.4, 0.5) is 23.0 Å². The van der Waals surface area contributed by atoms with Crippen molar-refractivity contribution in [1.82, 2.24) is 19.8 Å². The van der Waals surface area contributed by atoms with Crippen LogP contribution < -0.4 is 15.5 Å². The first-order chi connectivity index (χ1) is 21.6. The summed E-state index contributed by atoms with van der Waals surface area (Å²) in [5, 5.41) is 16.0. The molecule has 44 heavy (non-hydrogen) atoms. The number of fused-ring (bicyclic) bond motifs is 1. The van der Waals surface area contributed by atoms with Crippen molar-refractivity contribution >= 4 is 45.7 Å². The van der Waals surface area contributed by atoms with Crippen molar-refractivity contribution < 1.29 is 14.3 Å². The fourth-order valence-electron chi connectivity index (χ4n) is 5.52. The molecule has 0 unspecified atom stereocenters. The number of nitrogens with zero attached hydrogens (tertiary/aromatic N) is 6. The summed E-state index contributed by atoms with van der Waals surface area (Å²) >= 11 is 0. The Hall–Kier alpha value is -5.05. The van der Waals surface area contributed by atoms with Crippen LogP contribution >= 0.6 is 0 Å². The van der Waals surface area contributed by atoms with Crippen LogP contribution in [0.3, 0.4) is 0 Å². The quantitative estimate of drug-likeness (QED) is 0.314. The Bertz CT molecular complexity index is 1660. The van der Waals surface area contributed by atoms with Crippen molar-refractivity contribution in [1.29, 1.82) is 5.26 Å². The van der Waals surface area contributed by atoms with Gasteiger partial charge < -0.3 is 25.2 Å². The SMILES string of the molecule is N#CCC(=O)N1CCN(c2ccc(Nc3ncc4cccc(-c5ccc(NC(=O)CN6CCOCC6)cc5)c4n3)cc2)CC1. The Morgan fingerprint density at radius 1 is 0.886 bits per heavy atom. The summed E-state index contributed by atoms with van der Waals surface area (Å²) in [7, 11) is 0. The van der Waals surface area contributed by atoms with Crippen LogP contribution in [0.2, 0.25) is 0 Å². The summed E-state index contributed by atoms with van der Waals surface area (Å²) in [6.45, 7) is 5.89. The van der Waals surface area contributed by atoms with Gasteiger partial charge in [0.2, 0.25) is 17.8 Å². The standard InChI is InChI=1S/C33H34N8O3/c34-13-12-31(43)41-16-14-40(15-17-41)28-10-8-27(9-11-28)37-33-35-22-25-2-1-3-29(32(25)38-33)24-4-6-26(7-5-24)36-30(42)23-39-18-20-44-21-19-39/h1-11,22H,12,14-21,23H2,(H,36,42)(H,35,37,38). The molecule has 2 amide bonds. The number of nitriles is 1. The average molecular weight is 591 g/mol. The second-order valence-electron chi connectivity index (χ2n) is 10.8. The highest BCUT2D eigenvalue weighted by Gasteiger charge is 2.21. The van der Waals surface area contributed by atoms with E-state index in [-0.39, 0.29) is 18.2 Å². The van der Waals surface area contributed by atoms with Gasteiger partial charge in [0.1, 0.15) is 6.42 Å². The third-order valence-corrected chi connectivity index (χ3v) is 7.91. The van der Waals surface area contributed by atoms with E-state index >= 15 is 0 Å². The van der Waals surface area contributed by atoms with E-state index in [0.29, 0.717) is 38.8 Å². The molecule has 3 heterocycles. The van der Waals surface area contributed by atoms with Crippen molar-refractivity contribution in [3.05, 3.63) is 72.9 Å². The molecule has 0 aliphatic carbocycles. The minimum Gasteiger partial charge on any atom is -0.379 e. The number of anilines is 4. The largest absolute Gasteiger partial charge is 0.379 e. The topological polar surface area (TPSA) is 127 Å². The van der Waals surface area contributed by atoms with Crippen LogP contribution in [-0.2, 0) is 14.3 Å². The smallest absolute Gasteiger partial charge is 0.238 e. The summed E-state index contributed by atoms with van der Waals surface area (Å²) in [6.07, 6.45) is 1.75. The van der Waals surface area contributed by atoms with E-state index in [2.05, 4.69) is 25.4 Å². The maximum absolute atomic E-state index is 12.5. The van der Waals surface area contributed by atoms with E-state index in [0.717, 1.165) is 65.3 Å². The van der Waals surface area contributed by atoms with E-state index < -0.39 is 0 Å². The number of aromatic nitrogens is 2. The molecule has 1 aromatic heterocycles. The third-order valence-electron chi connectivity index (χ3n) is 7.91. The third kappa shape index (κ3) is 6.94. The number of morpholine rings is 1. The lowest BCUT2D eigenvalue weighted by Crippen LogP contribution is -2.48. The second-order valence-corrected chi connectivity index (χ2v) is 10.8. The maximum atomic E-state index is 12.5. The number of carbonyl (C=O) groups excluding carboxylic acids is 2. The Morgan fingerprint density at radius 2 is 1.61 bits per heavy atom. The number of carbonyl (C=O) groups is 2.